The number of imidazole rings is 1. The highest BCUT2D eigenvalue weighted by Gasteiger charge is 2.54. The van der Waals surface area contributed by atoms with E-state index in [9.17, 15) is 9.59 Å². The van der Waals surface area contributed by atoms with Crippen LogP contribution in [0.4, 0.5) is 0 Å². The minimum Gasteiger partial charge on any atom is -0.342 e. The zero-order valence-electron chi connectivity index (χ0n) is 21.7. The van der Waals surface area contributed by atoms with Crippen LogP contribution in [0.25, 0.3) is 11.4 Å². The molecule has 7 heteroatoms. The average Bonchev–Trinajstić information content (AvgIpc) is 3.38. The quantitative estimate of drug-likeness (QED) is 0.530. The van der Waals surface area contributed by atoms with E-state index in [0.717, 1.165) is 68.8 Å². The van der Waals surface area contributed by atoms with E-state index in [0.29, 0.717) is 12.5 Å². The Morgan fingerprint density at radius 3 is 2.56 bits per heavy atom. The molecule has 2 saturated heterocycles. The fourth-order valence-corrected chi connectivity index (χ4v) is 6.58. The Kier molecular flexibility index (Phi) is 7.75. The van der Waals surface area contributed by atoms with Gasteiger partial charge < -0.3 is 20.1 Å². The maximum absolute atomic E-state index is 13.7. The second-order valence-corrected chi connectivity index (χ2v) is 11.2. The number of H-pyrrole nitrogens is 1. The van der Waals surface area contributed by atoms with Gasteiger partial charge in [-0.15, -0.1) is 0 Å². The van der Waals surface area contributed by atoms with Crippen LogP contribution in [0.3, 0.4) is 0 Å². The summed E-state index contributed by atoms with van der Waals surface area (Å²) in [7, 11) is 0. The fourth-order valence-electron chi connectivity index (χ4n) is 6.58. The molecule has 0 radical (unpaired) electrons. The summed E-state index contributed by atoms with van der Waals surface area (Å²) in [6, 6.07) is 9.83. The summed E-state index contributed by atoms with van der Waals surface area (Å²) in [5, 5.41) is 3.21. The number of nitrogens with one attached hydrogen (secondary N) is 3. The first-order chi connectivity index (χ1) is 17.6. The molecule has 7 nitrogen and oxygen atoms in total. The van der Waals surface area contributed by atoms with Gasteiger partial charge in [-0.2, -0.15) is 0 Å². The maximum atomic E-state index is 13.7. The van der Waals surface area contributed by atoms with E-state index in [2.05, 4.69) is 34.3 Å². The third-order valence-electron chi connectivity index (χ3n) is 8.74. The van der Waals surface area contributed by atoms with Crippen molar-refractivity contribution < 1.29 is 14.5 Å². The van der Waals surface area contributed by atoms with E-state index in [-0.39, 0.29) is 17.9 Å². The Bertz CT molecular complexity index is 1020. The first-order valence-electron chi connectivity index (χ1n) is 14.1. The van der Waals surface area contributed by atoms with Crippen LogP contribution in [0.15, 0.2) is 36.5 Å². The molecule has 3 aliphatic rings. The first kappa shape index (κ1) is 25.0. The normalized spacial score (nSPS) is 27.4. The number of amides is 2. The van der Waals surface area contributed by atoms with Crippen LogP contribution < -0.4 is 10.2 Å². The van der Waals surface area contributed by atoms with Gasteiger partial charge in [0.15, 0.2) is 0 Å². The lowest BCUT2D eigenvalue weighted by atomic mass is 9.79. The number of piperazine rings is 1. The molecule has 3 heterocycles. The molecule has 2 aliphatic heterocycles. The standard InChI is InChI=1S/C29H41N5O2/c1-2-3-16-34-27(35)25(19-22-10-6-4-7-11-22)32-28(36)29(34)14-17-33(18-15-29)21-24-20-30-26(31-24)23-12-8-5-9-13-23/h5,8-9,12-13,20,22,25H,2-4,6-7,10-11,14-19,21H2,1H3,(H,30,31)(H,32,36)/p+1. The second-order valence-electron chi connectivity index (χ2n) is 11.2. The Morgan fingerprint density at radius 2 is 1.83 bits per heavy atom. The molecular weight excluding hydrogens is 450 g/mol. The van der Waals surface area contributed by atoms with Crippen molar-refractivity contribution >= 4 is 11.8 Å². The molecule has 1 aromatic carbocycles. The number of nitrogens with zero attached hydrogens (tertiary/aromatic N) is 2. The number of aromatic amines is 1. The van der Waals surface area contributed by atoms with Crippen LogP contribution >= 0.6 is 0 Å². The van der Waals surface area contributed by atoms with E-state index >= 15 is 0 Å². The topological polar surface area (TPSA) is 82.5 Å². The Balaban J connectivity index is 1.24. The van der Waals surface area contributed by atoms with Crippen molar-refractivity contribution in [2.24, 2.45) is 5.92 Å². The molecule has 5 rings (SSSR count). The third kappa shape index (κ3) is 5.22. The van der Waals surface area contributed by atoms with Gasteiger partial charge in [-0.25, -0.2) is 4.98 Å². The van der Waals surface area contributed by atoms with Gasteiger partial charge in [-0.05, 0) is 18.8 Å². The zero-order chi connectivity index (χ0) is 25.0. The molecule has 1 saturated carbocycles. The van der Waals surface area contributed by atoms with Crippen molar-refractivity contribution in [1.29, 1.82) is 0 Å². The van der Waals surface area contributed by atoms with Crippen LogP contribution in [-0.4, -0.2) is 57.9 Å². The lowest BCUT2D eigenvalue weighted by Gasteiger charge is -2.51. The molecule has 1 unspecified atom stereocenters. The Hall–Kier alpha value is -2.67. The molecule has 2 amide bonds. The minimum absolute atomic E-state index is 0.0889. The Labute approximate surface area is 215 Å². The van der Waals surface area contributed by atoms with E-state index in [1.807, 2.05) is 29.3 Å². The summed E-state index contributed by atoms with van der Waals surface area (Å²) in [4.78, 5) is 38.8. The van der Waals surface area contributed by atoms with Crippen molar-refractivity contribution in [2.45, 2.75) is 89.3 Å². The van der Waals surface area contributed by atoms with Crippen molar-refractivity contribution in [3.63, 3.8) is 0 Å². The molecule has 194 valence electrons. The van der Waals surface area contributed by atoms with Gasteiger partial charge in [0.25, 0.3) is 0 Å². The number of piperidine rings is 1. The number of quaternary nitrogens is 1. The summed E-state index contributed by atoms with van der Waals surface area (Å²) < 4.78 is 0. The summed E-state index contributed by atoms with van der Waals surface area (Å²) >= 11 is 0. The maximum Gasteiger partial charge on any atom is 0.247 e. The molecule has 3 fully saturated rings. The van der Waals surface area contributed by atoms with Gasteiger partial charge in [0, 0.05) is 24.9 Å². The summed E-state index contributed by atoms with van der Waals surface area (Å²) in [6.45, 7) is 5.44. The van der Waals surface area contributed by atoms with Crippen LogP contribution in [0, 0.1) is 5.92 Å². The molecule has 3 N–H and O–H groups in total. The predicted molar refractivity (Wildman–Crippen MR) is 140 cm³/mol. The molecular formula is C29H42N5O2+. The molecule has 2 aromatic rings. The van der Waals surface area contributed by atoms with Crippen LogP contribution in [0.5, 0.6) is 0 Å². The van der Waals surface area contributed by atoms with Crippen molar-refractivity contribution in [1.82, 2.24) is 20.2 Å². The first-order valence-corrected chi connectivity index (χ1v) is 14.1. The lowest BCUT2D eigenvalue weighted by molar-refractivity contribution is -0.920. The number of hydrogen-bond acceptors (Lipinski definition) is 3. The molecule has 1 atom stereocenters. The summed E-state index contributed by atoms with van der Waals surface area (Å²) in [5.74, 6) is 1.71. The van der Waals surface area contributed by atoms with Crippen molar-refractivity contribution in [3.8, 4) is 11.4 Å². The molecule has 1 aliphatic carbocycles. The van der Waals surface area contributed by atoms with Gasteiger partial charge in [0.05, 0.1) is 25.0 Å². The van der Waals surface area contributed by atoms with Gasteiger partial charge >= 0.3 is 0 Å². The predicted octanol–water partition coefficient (Wildman–Crippen LogP) is 3.09. The van der Waals surface area contributed by atoms with E-state index in [1.54, 1.807) is 0 Å². The third-order valence-corrected chi connectivity index (χ3v) is 8.74. The summed E-state index contributed by atoms with van der Waals surface area (Å²) in [5.41, 5.74) is 1.52. The average molecular weight is 493 g/mol. The second kappa shape index (κ2) is 11.2. The number of carbonyl (C=O) groups excluding carboxylic acids is 2. The Morgan fingerprint density at radius 1 is 1.08 bits per heavy atom. The number of carbonyl (C=O) groups is 2. The largest absolute Gasteiger partial charge is 0.342 e. The summed E-state index contributed by atoms with van der Waals surface area (Å²) in [6.07, 6.45) is 12.4. The fraction of sp³-hybridized carbons (Fsp3) is 0.621. The molecule has 1 spiro atoms. The van der Waals surface area contributed by atoms with E-state index in [1.165, 1.54) is 37.0 Å². The lowest BCUT2D eigenvalue weighted by Crippen LogP contribution is -3.13. The highest BCUT2D eigenvalue weighted by atomic mass is 16.2. The van der Waals surface area contributed by atoms with Crippen LogP contribution in [0.1, 0.15) is 76.8 Å². The number of rotatable bonds is 8. The van der Waals surface area contributed by atoms with E-state index < -0.39 is 5.54 Å². The van der Waals surface area contributed by atoms with Gasteiger partial charge in [-0.3, -0.25) is 9.59 Å². The van der Waals surface area contributed by atoms with Crippen molar-refractivity contribution in [2.75, 3.05) is 19.6 Å². The number of likely N-dealkylation sites (tertiary alicyclic amines) is 1. The number of unbranched alkanes of at least 4 members (excludes halogenated alkanes) is 1. The zero-order valence-corrected chi connectivity index (χ0v) is 21.7. The van der Waals surface area contributed by atoms with Gasteiger partial charge in [0.2, 0.25) is 11.8 Å². The van der Waals surface area contributed by atoms with Gasteiger partial charge in [-0.1, -0.05) is 75.8 Å². The number of benzene rings is 1. The van der Waals surface area contributed by atoms with E-state index in [4.69, 9.17) is 0 Å². The van der Waals surface area contributed by atoms with Crippen molar-refractivity contribution in [3.05, 3.63) is 42.2 Å². The highest BCUT2D eigenvalue weighted by molar-refractivity contribution is 6.00. The van der Waals surface area contributed by atoms with Crippen LogP contribution in [-0.2, 0) is 16.1 Å². The molecule has 1 aromatic heterocycles. The highest BCUT2D eigenvalue weighted by Crippen LogP contribution is 2.34. The monoisotopic (exact) mass is 492 g/mol. The smallest absolute Gasteiger partial charge is 0.247 e. The molecule has 36 heavy (non-hydrogen) atoms. The number of aromatic nitrogens is 2. The SMILES string of the molecule is CCCCN1C(=O)C(CC2CCCCC2)NC(=O)C12CC[NH+](Cc1cnc(-c3ccccc3)[nH]1)CC2. The van der Waals surface area contributed by atoms with Gasteiger partial charge in [0.1, 0.15) is 23.9 Å². The van der Waals surface area contributed by atoms with Crippen LogP contribution in [0.2, 0.25) is 0 Å². The molecule has 0 bridgehead atoms. The number of hydrogen-bond donors (Lipinski definition) is 3. The minimum atomic E-state index is -0.679.